The molecule has 0 spiro atoms. The lowest BCUT2D eigenvalue weighted by Crippen LogP contribution is -2.57. The number of hydrogen-bond acceptors (Lipinski definition) is 3. The lowest BCUT2D eigenvalue weighted by Gasteiger charge is -2.39. The van der Waals surface area contributed by atoms with Crippen LogP contribution in [0, 0.1) is 0 Å². The summed E-state index contributed by atoms with van der Waals surface area (Å²) in [6.07, 6.45) is -0.442. The van der Waals surface area contributed by atoms with E-state index in [4.69, 9.17) is 32.7 Å². The first kappa shape index (κ1) is 15.3. The van der Waals surface area contributed by atoms with Gasteiger partial charge in [0, 0.05) is 0 Å². The molecule has 1 aliphatic rings. The summed E-state index contributed by atoms with van der Waals surface area (Å²) in [7, 11) is 0. The molecule has 0 bridgehead atoms. The van der Waals surface area contributed by atoms with Crippen molar-refractivity contribution in [3.8, 4) is 5.75 Å². The molecule has 110 valence electrons. The maximum absolute atomic E-state index is 11.8. The first-order valence-corrected chi connectivity index (χ1v) is 7.10. The predicted molar refractivity (Wildman–Crippen MR) is 78.7 cm³/mol. The van der Waals surface area contributed by atoms with Gasteiger partial charge in [-0.2, -0.15) is 0 Å². The maximum Gasteiger partial charge on any atom is 0.410 e. The fraction of sp³-hybridized carbons (Fsp3) is 0.500. The minimum absolute atomic E-state index is 0.111. The zero-order valence-corrected chi connectivity index (χ0v) is 13.2. The Morgan fingerprint density at radius 1 is 1.25 bits per heavy atom. The van der Waals surface area contributed by atoms with Gasteiger partial charge in [-0.1, -0.05) is 29.3 Å². The zero-order chi connectivity index (χ0) is 14.9. The standard InChI is InChI=1S/C14H17Cl2NO3/c1-14(2,3)20-13(18)17-7-9(8-17)19-12-10(15)5-4-6-11(12)16/h4-6,9H,7-8H2,1-3H3. The Kier molecular flexibility index (Phi) is 4.35. The van der Waals surface area contributed by atoms with E-state index in [1.807, 2.05) is 20.8 Å². The van der Waals surface area contributed by atoms with Crippen LogP contribution >= 0.6 is 23.2 Å². The number of ether oxygens (including phenoxy) is 2. The van der Waals surface area contributed by atoms with E-state index >= 15 is 0 Å². The van der Waals surface area contributed by atoms with Gasteiger partial charge in [0.05, 0.1) is 23.1 Å². The molecule has 4 nitrogen and oxygen atoms in total. The highest BCUT2D eigenvalue weighted by molar-refractivity contribution is 6.37. The van der Waals surface area contributed by atoms with E-state index < -0.39 is 5.60 Å². The van der Waals surface area contributed by atoms with E-state index in [9.17, 15) is 4.79 Å². The number of amides is 1. The van der Waals surface area contributed by atoms with Crippen molar-refractivity contribution in [2.45, 2.75) is 32.5 Å². The molecule has 1 amide bonds. The SMILES string of the molecule is CC(C)(C)OC(=O)N1CC(Oc2c(Cl)cccc2Cl)C1. The van der Waals surface area contributed by atoms with E-state index in [1.165, 1.54) is 0 Å². The molecule has 0 N–H and O–H groups in total. The summed E-state index contributed by atoms with van der Waals surface area (Å²) >= 11 is 12.1. The van der Waals surface area contributed by atoms with Crippen LogP contribution in [0.4, 0.5) is 4.79 Å². The van der Waals surface area contributed by atoms with Crippen LogP contribution in [0.3, 0.4) is 0 Å². The first-order chi connectivity index (χ1) is 9.26. The number of likely N-dealkylation sites (tertiary alicyclic amines) is 1. The van der Waals surface area contributed by atoms with Crippen molar-refractivity contribution in [1.29, 1.82) is 0 Å². The Labute approximate surface area is 128 Å². The molecule has 0 atom stereocenters. The van der Waals surface area contributed by atoms with Crippen LogP contribution in [0.25, 0.3) is 0 Å². The third-order valence-electron chi connectivity index (χ3n) is 2.70. The molecule has 1 heterocycles. The number of benzene rings is 1. The lowest BCUT2D eigenvalue weighted by atomic mass is 10.1. The third-order valence-corrected chi connectivity index (χ3v) is 3.30. The van der Waals surface area contributed by atoms with Crippen molar-refractivity contribution in [1.82, 2.24) is 4.90 Å². The van der Waals surface area contributed by atoms with Gasteiger partial charge < -0.3 is 14.4 Å². The van der Waals surface area contributed by atoms with Crippen LogP contribution in [0.1, 0.15) is 20.8 Å². The van der Waals surface area contributed by atoms with Crippen LogP contribution in [0.5, 0.6) is 5.75 Å². The zero-order valence-electron chi connectivity index (χ0n) is 11.7. The van der Waals surface area contributed by atoms with Crippen LogP contribution in [-0.4, -0.2) is 35.8 Å². The maximum atomic E-state index is 11.8. The highest BCUT2D eigenvalue weighted by atomic mass is 35.5. The lowest BCUT2D eigenvalue weighted by molar-refractivity contribution is -0.0220. The fourth-order valence-corrected chi connectivity index (χ4v) is 2.24. The van der Waals surface area contributed by atoms with Crippen molar-refractivity contribution < 1.29 is 14.3 Å². The van der Waals surface area contributed by atoms with Gasteiger partial charge >= 0.3 is 6.09 Å². The molecule has 0 saturated carbocycles. The van der Waals surface area contributed by atoms with Crippen LogP contribution < -0.4 is 4.74 Å². The third kappa shape index (κ3) is 3.70. The summed E-state index contributed by atoms with van der Waals surface area (Å²) in [5.41, 5.74) is -0.491. The van der Waals surface area contributed by atoms with Gasteiger partial charge in [0.15, 0.2) is 5.75 Å². The minimum atomic E-state index is -0.491. The molecule has 0 radical (unpaired) electrons. The number of carbonyl (C=O) groups is 1. The Morgan fingerprint density at radius 2 is 1.80 bits per heavy atom. The quantitative estimate of drug-likeness (QED) is 0.827. The molecule has 1 fully saturated rings. The number of hydrogen-bond donors (Lipinski definition) is 0. The fourth-order valence-electron chi connectivity index (χ4n) is 1.75. The summed E-state index contributed by atoms with van der Waals surface area (Å²) in [6, 6.07) is 5.19. The Morgan fingerprint density at radius 3 is 2.30 bits per heavy atom. The van der Waals surface area contributed by atoms with E-state index in [2.05, 4.69) is 0 Å². The number of nitrogens with zero attached hydrogens (tertiary/aromatic N) is 1. The Balaban J connectivity index is 1.87. The van der Waals surface area contributed by atoms with Crippen LogP contribution in [0.2, 0.25) is 10.0 Å². The highest BCUT2D eigenvalue weighted by Crippen LogP contribution is 2.34. The molecule has 1 aliphatic heterocycles. The minimum Gasteiger partial charge on any atom is -0.484 e. The average molecular weight is 318 g/mol. The van der Waals surface area contributed by atoms with Gasteiger partial charge in [-0.05, 0) is 32.9 Å². The molecule has 20 heavy (non-hydrogen) atoms. The van der Waals surface area contributed by atoms with E-state index in [1.54, 1.807) is 23.1 Å². The van der Waals surface area contributed by atoms with Crippen LogP contribution in [-0.2, 0) is 4.74 Å². The second-order valence-corrected chi connectivity index (χ2v) is 6.49. The molecular formula is C14H17Cl2NO3. The number of para-hydroxylation sites is 1. The van der Waals surface area contributed by atoms with Crippen LogP contribution in [0.15, 0.2) is 18.2 Å². The second-order valence-electron chi connectivity index (χ2n) is 5.68. The number of rotatable bonds is 2. The molecular weight excluding hydrogens is 301 g/mol. The van der Waals surface area contributed by atoms with Crippen molar-refractivity contribution in [3.05, 3.63) is 28.2 Å². The molecule has 0 aromatic heterocycles. The summed E-state index contributed by atoms with van der Waals surface area (Å²) in [6.45, 7) is 6.44. The molecule has 1 aromatic carbocycles. The summed E-state index contributed by atoms with van der Waals surface area (Å²) in [5.74, 6) is 0.463. The molecule has 0 unspecified atom stereocenters. The second kappa shape index (κ2) is 5.70. The summed E-state index contributed by atoms with van der Waals surface area (Å²) in [5, 5.41) is 0.932. The molecule has 0 aliphatic carbocycles. The van der Waals surface area contributed by atoms with E-state index in [0.29, 0.717) is 28.9 Å². The normalized spacial score (nSPS) is 15.8. The van der Waals surface area contributed by atoms with Gasteiger partial charge in [-0.3, -0.25) is 0 Å². The van der Waals surface area contributed by atoms with Crippen molar-refractivity contribution in [3.63, 3.8) is 0 Å². The Bertz CT molecular complexity index is 487. The van der Waals surface area contributed by atoms with Crippen molar-refractivity contribution in [2.75, 3.05) is 13.1 Å². The smallest absolute Gasteiger partial charge is 0.410 e. The van der Waals surface area contributed by atoms with Crippen molar-refractivity contribution in [2.24, 2.45) is 0 Å². The van der Waals surface area contributed by atoms with E-state index in [-0.39, 0.29) is 12.2 Å². The molecule has 1 aromatic rings. The summed E-state index contributed by atoms with van der Waals surface area (Å²) < 4.78 is 11.0. The molecule has 2 rings (SSSR count). The predicted octanol–water partition coefficient (Wildman–Crippen LogP) is 3.99. The monoisotopic (exact) mass is 317 g/mol. The van der Waals surface area contributed by atoms with Gasteiger partial charge in [-0.25, -0.2) is 4.79 Å². The Hall–Kier alpha value is -1.13. The molecule has 1 saturated heterocycles. The highest BCUT2D eigenvalue weighted by Gasteiger charge is 2.35. The number of halogens is 2. The topological polar surface area (TPSA) is 38.8 Å². The first-order valence-electron chi connectivity index (χ1n) is 6.35. The average Bonchev–Trinajstić information content (AvgIpc) is 2.23. The summed E-state index contributed by atoms with van der Waals surface area (Å²) in [4.78, 5) is 13.4. The van der Waals surface area contributed by atoms with E-state index in [0.717, 1.165) is 0 Å². The van der Waals surface area contributed by atoms with Gasteiger partial charge in [0.2, 0.25) is 0 Å². The molecule has 6 heteroatoms. The van der Waals surface area contributed by atoms with Crippen molar-refractivity contribution >= 4 is 29.3 Å². The number of carbonyl (C=O) groups excluding carboxylic acids is 1. The largest absolute Gasteiger partial charge is 0.484 e. The van der Waals surface area contributed by atoms with Gasteiger partial charge in [-0.15, -0.1) is 0 Å². The van der Waals surface area contributed by atoms with Gasteiger partial charge in [0.1, 0.15) is 11.7 Å². The van der Waals surface area contributed by atoms with Gasteiger partial charge in [0.25, 0.3) is 0 Å².